The second-order valence-corrected chi connectivity index (χ2v) is 4.43. The standard InChI is InChI=1S/C11H14N4S/c1-2-15(7-9-4-3-5-16-9)11-6-10(12)13-8-14-11/h3-6,8H,2,7H2,1H3,(H2,12,13,14). The molecule has 2 heterocycles. The highest BCUT2D eigenvalue weighted by molar-refractivity contribution is 7.09. The molecule has 2 aromatic rings. The summed E-state index contributed by atoms with van der Waals surface area (Å²) in [6.07, 6.45) is 1.50. The van der Waals surface area contributed by atoms with Crippen LogP contribution in [0.15, 0.2) is 29.9 Å². The number of thiophene rings is 1. The molecule has 0 amide bonds. The molecule has 0 unspecified atom stereocenters. The van der Waals surface area contributed by atoms with Crippen molar-refractivity contribution >= 4 is 23.0 Å². The van der Waals surface area contributed by atoms with E-state index in [1.54, 1.807) is 17.4 Å². The first-order valence-electron chi connectivity index (χ1n) is 5.14. The largest absolute Gasteiger partial charge is 0.384 e. The number of anilines is 2. The van der Waals surface area contributed by atoms with E-state index in [2.05, 4.69) is 39.3 Å². The molecule has 0 spiro atoms. The molecule has 2 aromatic heterocycles. The number of nitrogens with zero attached hydrogens (tertiary/aromatic N) is 3. The lowest BCUT2D eigenvalue weighted by Gasteiger charge is -2.20. The lowest BCUT2D eigenvalue weighted by atomic mass is 10.4. The second-order valence-electron chi connectivity index (χ2n) is 3.39. The summed E-state index contributed by atoms with van der Waals surface area (Å²) in [5.74, 6) is 1.39. The Morgan fingerprint density at radius 2 is 2.31 bits per heavy atom. The molecular formula is C11H14N4S. The van der Waals surface area contributed by atoms with Crippen LogP contribution in [-0.4, -0.2) is 16.5 Å². The van der Waals surface area contributed by atoms with E-state index in [1.165, 1.54) is 11.2 Å². The quantitative estimate of drug-likeness (QED) is 0.880. The molecule has 2 N–H and O–H groups in total. The molecule has 0 radical (unpaired) electrons. The van der Waals surface area contributed by atoms with Crippen LogP contribution in [0.25, 0.3) is 0 Å². The molecular weight excluding hydrogens is 220 g/mol. The van der Waals surface area contributed by atoms with E-state index in [0.717, 1.165) is 18.9 Å². The topological polar surface area (TPSA) is 55.0 Å². The molecule has 0 bridgehead atoms. The van der Waals surface area contributed by atoms with Gasteiger partial charge in [0, 0.05) is 17.5 Å². The van der Waals surface area contributed by atoms with Crippen molar-refractivity contribution < 1.29 is 0 Å². The molecule has 0 aliphatic heterocycles. The van der Waals surface area contributed by atoms with Crippen LogP contribution < -0.4 is 10.6 Å². The van der Waals surface area contributed by atoms with E-state index in [-0.39, 0.29) is 0 Å². The number of nitrogens with two attached hydrogens (primary N) is 1. The van der Waals surface area contributed by atoms with Gasteiger partial charge in [-0.25, -0.2) is 9.97 Å². The molecule has 2 rings (SSSR count). The monoisotopic (exact) mass is 234 g/mol. The van der Waals surface area contributed by atoms with E-state index in [9.17, 15) is 0 Å². The van der Waals surface area contributed by atoms with Crippen molar-refractivity contribution in [1.82, 2.24) is 9.97 Å². The number of aromatic nitrogens is 2. The van der Waals surface area contributed by atoms with E-state index in [4.69, 9.17) is 5.73 Å². The molecule has 0 fully saturated rings. The highest BCUT2D eigenvalue weighted by Gasteiger charge is 2.07. The molecule has 0 aliphatic carbocycles. The minimum absolute atomic E-state index is 0.509. The van der Waals surface area contributed by atoms with Crippen molar-refractivity contribution in [2.45, 2.75) is 13.5 Å². The van der Waals surface area contributed by atoms with Crippen molar-refractivity contribution in [2.75, 3.05) is 17.2 Å². The van der Waals surface area contributed by atoms with Gasteiger partial charge in [0.25, 0.3) is 0 Å². The van der Waals surface area contributed by atoms with Crippen LogP contribution >= 0.6 is 11.3 Å². The number of hydrogen-bond donors (Lipinski definition) is 1. The van der Waals surface area contributed by atoms with Gasteiger partial charge < -0.3 is 10.6 Å². The normalized spacial score (nSPS) is 10.3. The van der Waals surface area contributed by atoms with Crippen LogP contribution in [0.3, 0.4) is 0 Å². The van der Waals surface area contributed by atoms with Gasteiger partial charge in [0.15, 0.2) is 0 Å². The van der Waals surface area contributed by atoms with Gasteiger partial charge in [0.05, 0.1) is 6.54 Å². The van der Waals surface area contributed by atoms with Crippen LogP contribution in [0, 0.1) is 0 Å². The van der Waals surface area contributed by atoms with Crippen molar-refractivity contribution in [3.05, 3.63) is 34.8 Å². The fraction of sp³-hybridized carbons (Fsp3) is 0.273. The second kappa shape index (κ2) is 4.94. The molecule has 0 atom stereocenters. The van der Waals surface area contributed by atoms with Gasteiger partial charge in [-0.1, -0.05) is 6.07 Å². The summed E-state index contributed by atoms with van der Waals surface area (Å²) < 4.78 is 0. The smallest absolute Gasteiger partial charge is 0.134 e. The van der Waals surface area contributed by atoms with Gasteiger partial charge in [-0.2, -0.15) is 0 Å². The van der Waals surface area contributed by atoms with Crippen molar-refractivity contribution in [3.63, 3.8) is 0 Å². The summed E-state index contributed by atoms with van der Waals surface area (Å²) in [5.41, 5.74) is 5.65. The van der Waals surface area contributed by atoms with E-state index < -0.39 is 0 Å². The molecule has 0 aromatic carbocycles. The molecule has 0 aliphatic rings. The summed E-state index contributed by atoms with van der Waals surface area (Å²) in [7, 11) is 0. The SMILES string of the molecule is CCN(Cc1cccs1)c1cc(N)ncn1. The first-order valence-corrected chi connectivity index (χ1v) is 6.02. The predicted molar refractivity (Wildman–Crippen MR) is 67.5 cm³/mol. The molecule has 84 valence electrons. The fourth-order valence-electron chi connectivity index (χ4n) is 1.48. The summed E-state index contributed by atoms with van der Waals surface area (Å²) in [6, 6.07) is 5.98. The predicted octanol–water partition coefficient (Wildman–Crippen LogP) is 2.15. The van der Waals surface area contributed by atoms with Gasteiger partial charge in [0.1, 0.15) is 18.0 Å². The average molecular weight is 234 g/mol. The van der Waals surface area contributed by atoms with Gasteiger partial charge in [0.2, 0.25) is 0 Å². The van der Waals surface area contributed by atoms with Gasteiger partial charge in [-0.15, -0.1) is 11.3 Å². The van der Waals surface area contributed by atoms with Gasteiger partial charge in [-0.3, -0.25) is 0 Å². The first-order chi connectivity index (χ1) is 7.79. The molecule has 4 nitrogen and oxygen atoms in total. The van der Waals surface area contributed by atoms with Crippen LogP contribution in [-0.2, 0) is 6.54 Å². The lowest BCUT2D eigenvalue weighted by Crippen LogP contribution is -2.22. The Morgan fingerprint density at radius 3 is 2.94 bits per heavy atom. The van der Waals surface area contributed by atoms with Crippen LogP contribution in [0.4, 0.5) is 11.6 Å². The third-order valence-electron chi connectivity index (χ3n) is 2.31. The minimum Gasteiger partial charge on any atom is -0.384 e. The highest BCUT2D eigenvalue weighted by atomic mass is 32.1. The Balaban J connectivity index is 2.16. The third kappa shape index (κ3) is 2.49. The Morgan fingerprint density at radius 1 is 1.44 bits per heavy atom. The van der Waals surface area contributed by atoms with Gasteiger partial charge in [-0.05, 0) is 18.4 Å². The first kappa shape index (κ1) is 10.9. The van der Waals surface area contributed by atoms with Crippen LogP contribution in [0.2, 0.25) is 0 Å². The van der Waals surface area contributed by atoms with Crippen LogP contribution in [0.1, 0.15) is 11.8 Å². The fourth-order valence-corrected chi connectivity index (χ4v) is 2.20. The Hall–Kier alpha value is -1.62. The maximum atomic E-state index is 5.65. The Kier molecular flexibility index (Phi) is 3.36. The van der Waals surface area contributed by atoms with Crippen molar-refractivity contribution in [1.29, 1.82) is 0 Å². The molecule has 0 saturated carbocycles. The van der Waals surface area contributed by atoms with E-state index in [0.29, 0.717) is 5.82 Å². The van der Waals surface area contributed by atoms with E-state index in [1.807, 2.05) is 0 Å². The summed E-state index contributed by atoms with van der Waals surface area (Å²) >= 11 is 1.75. The maximum absolute atomic E-state index is 5.65. The molecule has 5 heteroatoms. The zero-order valence-corrected chi connectivity index (χ0v) is 9.94. The zero-order chi connectivity index (χ0) is 11.4. The Labute approximate surface area is 98.8 Å². The summed E-state index contributed by atoms with van der Waals surface area (Å²) in [6.45, 7) is 3.87. The summed E-state index contributed by atoms with van der Waals surface area (Å²) in [4.78, 5) is 11.6. The Bertz CT molecular complexity index is 441. The minimum atomic E-state index is 0.509. The number of rotatable bonds is 4. The highest BCUT2D eigenvalue weighted by Crippen LogP contribution is 2.17. The van der Waals surface area contributed by atoms with Crippen LogP contribution in [0.5, 0.6) is 0 Å². The number of hydrogen-bond acceptors (Lipinski definition) is 5. The molecule has 0 saturated heterocycles. The summed E-state index contributed by atoms with van der Waals surface area (Å²) in [5, 5.41) is 2.08. The van der Waals surface area contributed by atoms with E-state index >= 15 is 0 Å². The number of nitrogen functional groups attached to an aromatic ring is 1. The maximum Gasteiger partial charge on any atom is 0.134 e. The van der Waals surface area contributed by atoms with Crippen molar-refractivity contribution in [3.8, 4) is 0 Å². The molecule has 16 heavy (non-hydrogen) atoms. The van der Waals surface area contributed by atoms with Gasteiger partial charge >= 0.3 is 0 Å². The van der Waals surface area contributed by atoms with Crippen molar-refractivity contribution in [2.24, 2.45) is 0 Å². The zero-order valence-electron chi connectivity index (χ0n) is 9.13. The third-order valence-corrected chi connectivity index (χ3v) is 3.17. The lowest BCUT2D eigenvalue weighted by molar-refractivity contribution is 0.820. The average Bonchev–Trinajstić information content (AvgIpc) is 2.78.